The normalized spacial score (nSPS) is 13.8. The molecule has 0 spiro atoms. The summed E-state index contributed by atoms with van der Waals surface area (Å²) in [6, 6.07) is 6.56. The van der Waals surface area contributed by atoms with E-state index in [1.54, 1.807) is 13.0 Å². The molecule has 2 N–H and O–H groups in total. The first-order valence-corrected chi connectivity index (χ1v) is 7.17. The average Bonchev–Trinajstić information content (AvgIpc) is 2.95. The molecule has 1 heterocycles. The van der Waals surface area contributed by atoms with Gasteiger partial charge in [-0.1, -0.05) is 0 Å². The molecule has 0 aliphatic rings. The lowest BCUT2D eigenvalue weighted by atomic mass is 10.1. The average molecular weight is 352 g/mol. The number of carbonyl (C=O) groups excluding carboxylic acids is 1. The van der Waals surface area contributed by atoms with Crippen LogP contribution in [0.4, 0.5) is 18.9 Å². The van der Waals surface area contributed by atoms with Gasteiger partial charge in [-0.15, -0.1) is 0 Å². The van der Waals surface area contributed by atoms with Crippen molar-refractivity contribution in [1.82, 2.24) is 9.78 Å². The van der Waals surface area contributed by atoms with Crippen LogP contribution in [0.5, 0.6) is 0 Å². The summed E-state index contributed by atoms with van der Waals surface area (Å²) >= 11 is 0. The number of nitriles is 1. The van der Waals surface area contributed by atoms with E-state index in [2.05, 4.69) is 10.4 Å². The van der Waals surface area contributed by atoms with Crippen molar-refractivity contribution < 1.29 is 23.1 Å². The number of nitrogens with zero attached hydrogens (tertiary/aromatic N) is 3. The molecule has 9 heteroatoms. The topological polar surface area (TPSA) is 90.9 Å². The molecule has 25 heavy (non-hydrogen) atoms. The predicted molar refractivity (Wildman–Crippen MR) is 82.4 cm³/mol. The van der Waals surface area contributed by atoms with Gasteiger partial charge in [0.05, 0.1) is 29.9 Å². The summed E-state index contributed by atoms with van der Waals surface area (Å²) in [7, 11) is 0. The lowest BCUT2D eigenvalue weighted by molar-refractivity contribution is -0.137. The number of aryl methyl sites for hydroxylation is 1. The first-order valence-electron chi connectivity index (χ1n) is 7.17. The second kappa shape index (κ2) is 6.57. The van der Waals surface area contributed by atoms with Crippen LogP contribution in [0, 0.1) is 18.3 Å². The van der Waals surface area contributed by atoms with E-state index in [0.29, 0.717) is 29.2 Å². The van der Waals surface area contributed by atoms with Gasteiger partial charge in [0, 0.05) is 11.9 Å². The fourth-order valence-electron chi connectivity index (χ4n) is 2.12. The Labute approximate surface area is 141 Å². The zero-order valence-electron chi connectivity index (χ0n) is 13.4. The van der Waals surface area contributed by atoms with Gasteiger partial charge in [0.15, 0.2) is 5.60 Å². The van der Waals surface area contributed by atoms with Crippen molar-refractivity contribution >= 4 is 11.6 Å². The van der Waals surface area contributed by atoms with Crippen LogP contribution in [0.3, 0.4) is 0 Å². The minimum atomic E-state index is -4.55. The highest BCUT2D eigenvalue weighted by atomic mass is 19.4. The first-order chi connectivity index (χ1) is 11.5. The summed E-state index contributed by atoms with van der Waals surface area (Å²) in [5.41, 5.74) is -1.51. The molecule has 2 aromatic rings. The van der Waals surface area contributed by atoms with Crippen LogP contribution in [0.25, 0.3) is 0 Å². The Morgan fingerprint density at radius 1 is 1.44 bits per heavy atom. The van der Waals surface area contributed by atoms with Crippen molar-refractivity contribution in [3.05, 3.63) is 47.3 Å². The third kappa shape index (κ3) is 4.36. The molecular formula is C16H15F3N4O2. The molecule has 0 bridgehead atoms. The van der Waals surface area contributed by atoms with Gasteiger partial charge in [-0.05, 0) is 37.6 Å². The van der Waals surface area contributed by atoms with E-state index < -0.39 is 29.8 Å². The number of benzene rings is 1. The smallest absolute Gasteiger partial charge is 0.378 e. The first kappa shape index (κ1) is 18.5. The van der Waals surface area contributed by atoms with Gasteiger partial charge in [-0.3, -0.25) is 9.48 Å². The third-order valence-electron chi connectivity index (χ3n) is 3.52. The molecule has 132 valence electrons. The second-order valence-corrected chi connectivity index (χ2v) is 5.79. The summed E-state index contributed by atoms with van der Waals surface area (Å²) in [6.45, 7) is 2.41. The molecule has 0 aliphatic heterocycles. The van der Waals surface area contributed by atoms with Crippen molar-refractivity contribution in [2.45, 2.75) is 32.2 Å². The van der Waals surface area contributed by atoms with Gasteiger partial charge < -0.3 is 10.4 Å². The van der Waals surface area contributed by atoms with E-state index in [4.69, 9.17) is 5.26 Å². The SMILES string of the molecule is Cc1cc(NC(=O)C(C)(O)Cn2cc(C(F)(F)F)cn2)ccc1C#N. The summed E-state index contributed by atoms with van der Waals surface area (Å²) in [5, 5.41) is 25.1. The Balaban J connectivity index is 2.11. The Morgan fingerprint density at radius 3 is 2.64 bits per heavy atom. The van der Waals surface area contributed by atoms with Crippen LogP contribution in [0.1, 0.15) is 23.6 Å². The fourth-order valence-corrected chi connectivity index (χ4v) is 2.12. The number of aromatic nitrogens is 2. The summed E-state index contributed by atoms with van der Waals surface area (Å²) in [4.78, 5) is 12.2. The molecular weight excluding hydrogens is 337 g/mol. The molecule has 6 nitrogen and oxygen atoms in total. The highest BCUT2D eigenvalue weighted by Gasteiger charge is 2.35. The van der Waals surface area contributed by atoms with Gasteiger partial charge in [-0.2, -0.15) is 23.5 Å². The molecule has 1 aromatic heterocycles. The van der Waals surface area contributed by atoms with Crippen LogP contribution in [-0.4, -0.2) is 26.4 Å². The van der Waals surface area contributed by atoms with Crippen molar-refractivity contribution in [2.24, 2.45) is 0 Å². The molecule has 0 fully saturated rings. The number of halogens is 3. The largest absolute Gasteiger partial charge is 0.419 e. The zero-order valence-corrected chi connectivity index (χ0v) is 13.4. The Morgan fingerprint density at radius 2 is 2.12 bits per heavy atom. The van der Waals surface area contributed by atoms with Crippen LogP contribution in [0.15, 0.2) is 30.6 Å². The van der Waals surface area contributed by atoms with E-state index >= 15 is 0 Å². The Kier molecular flexibility index (Phi) is 4.85. The summed E-state index contributed by atoms with van der Waals surface area (Å²) in [5.74, 6) is -0.805. The van der Waals surface area contributed by atoms with Crippen molar-refractivity contribution in [2.75, 3.05) is 5.32 Å². The van der Waals surface area contributed by atoms with Crippen molar-refractivity contribution in [3.63, 3.8) is 0 Å². The van der Waals surface area contributed by atoms with Gasteiger partial charge in [0.1, 0.15) is 0 Å². The van der Waals surface area contributed by atoms with Crippen LogP contribution >= 0.6 is 0 Å². The van der Waals surface area contributed by atoms with Crippen LogP contribution in [0.2, 0.25) is 0 Å². The van der Waals surface area contributed by atoms with Crippen LogP contribution in [-0.2, 0) is 17.5 Å². The lowest BCUT2D eigenvalue weighted by Gasteiger charge is -2.22. The van der Waals surface area contributed by atoms with E-state index in [-0.39, 0.29) is 0 Å². The zero-order chi connectivity index (χ0) is 18.8. The standard InChI is InChI=1S/C16H15F3N4O2/c1-10-5-13(4-3-11(10)6-20)22-14(24)15(2,25)9-23-8-12(7-21-23)16(17,18)19/h3-5,7-8,25H,9H2,1-2H3,(H,22,24). The number of hydrogen-bond donors (Lipinski definition) is 2. The highest BCUT2D eigenvalue weighted by Crippen LogP contribution is 2.28. The number of aliphatic hydroxyl groups is 1. The quantitative estimate of drug-likeness (QED) is 0.884. The van der Waals surface area contributed by atoms with Gasteiger partial charge in [0.2, 0.25) is 0 Å². The van der Waals surface area contributed by atoms with E-state index in [1.165, 1.54) is 19.1 Å². The maximum Gasteiger partial charge on any atom is 0.419 e. The summed E-state index contributed by atoms with van der Waals surface area (Å²) < 4.78 is 38.5. The summed E-state index contributed by atoms with van der Waals surface area (Å²) in [6.07, 6.45) is -3.21. The molecule has 0 saturated carbocycles. The molecule has 1 amide bonds. The molecule has 2 rings (SSSR count). The Bertz CT molecular complexity index is 835. The van der Waals surface area contributed by atoms with E-state index in [9.17, 15) is 23.1 Å². The van der Waals surface area contributed by atoms with Crippen molar-refractivity contribution in [1.29, 1.82) is 5.26 Å². The predicted octanol–water partition coefficient (Wildman–Crippen LogP) is 2.47. The number of carbonyl (C=O) groups is 1. The maximum atomic E-state index is 12.6. The number of anilines is 1. The third-order valence-corrected chi connectivity index (χ3v) is 3.52. The molecule has 1 unspecified atom stereocenters. The minimum absolute atomic E-state index is 0.359. The highest BCUT2D eigenvalue weighted by molar-refractivity contribution is 5.96. The second-order valence-electron chi connectivity index (χ2n) is 5.79. The lowest BCUT2D eigenvalue weighted by Crippen LogP contribution is -2.43. The minimum Gasteiger partial charge on any atom is -0.378 e. The Hall–Kier alpha value is -2.86. The molecule has 1 aromatic carbocycles. The number of hydrogen-bond acceptors (Lipinski definition) is 4. The van der Waals surface area contributed by atoms with Crippen LogP contribution < -0.4 is 5.32 Å². The van der Waals surface area contributed by atoms with Gasteiger partial charge >= 0.3 is 6.18 Å². The number of alkyl halides is 3. The van der Waals surface area contributed by atoms with Crippen molar-refractivity contribution in [3.8, 4) is 6.07 Å². The number of nitrogens with one attached hydrogen (secondary N) is 1. The van der Waals surface area contributed by atoms with E-state index in [1.807, 2.05) is 6.07 Å². The number of rotatable bonds is 4. The number of amides is 1. The molecule has 0 saturated heterocycles. The van der Waals surface area contributed by atoms with Gasteiger partial charge in [-0.25, -0.2) is 0 Å². The van der Waals surface area contributed by atoms with Gasteiger partial charge in [0.25, 0.3) is 5.91 Å². The monoisotopic (exact) mass is 352 g/mol. The fraction of sp³-hybridized carbons (Fsp3) is 0.312. The molecule has 1 atom stereocenters. The molecule has 0 aliphatic carbocycles. The maximum absolute atomic E-state index is 12.6. The van der Waals surface area contributed by atoms with E-state index in [0.717, 1.165) is 4.68 Å². The molecule has 0 radical (unpaired) electrons.